The molecule has 2 heterocycles. The zero-order chi connectivity index (χ0) is 28.8. The van der Waals surface area contributed by atoms with Crippen molar-refractivity contribution in [3.63, 3.8) is 0 Å². The number of thioether (sulfide) groups is 1. The standard InChI is InChI=1S/C32H34N2O6S/c1-38-25-11-9-24(10-12-25)30-32(31(37)33-18-20-40-21-19-33,41-27-15-13-26(39-2)14-16-27)22-29(36)34(30)28(35)17-8-23-6-4-3-5-7-23/h3-7,9-16,30H,8,17-22H2,1-2H3/t30-,32-/m1/s1. The molecule has 0 N–H and O–H groups in total. The van der Waals surface area contributed by atoms with E-state index in [1.807, 2.05) is 66.7 Å². The maximum atomic E-state index is 14.6. The van der Waals surface area contributed by atoms with E-state index < -0.39 is 10.8 Å². The van der Waals surface area contributed by atoms with Crippen LogP contribution in [0.3, 0.4) is 0 Å². The van der Waals surface area contributed by atoms with Crippen LogP contribution in [0.2, 0.25) is 0 Å². The molecule has 0 radical (unpaired) electrons. The number of aryl methyl sites for hydroxylation is 1. The molecule has 2 saturated heterocycles. The summed E-state index contributed by atoms with van der Waals surface area (Å²) in [4.78, 5) is 46.2. The van der Waals surface area contributed by atoms with Gasteiger partial charge in [0.15, 0.2) is 0 Å². The van der Waals surface area contributed by atoms with Gasteiger partial charge in [0.1, 0.15) is 16.2 Å². The van der Waals surface area contributed by atoms with Crippen LogP contribution in [0.15, 0.2) is 83.8 Å². The number of rotatable bonds is 9. The lowest BCUT2D eigenvalue weighted by atomic mass is 9.90. The summed E-state index contributed by atoms with van der Waals surface area (Å²) in [5, 5.41) is 0. The third kappa shape index (κ3) is 6.11. The van der Waals surface area contributed by atoms with Gasteiger partial charge < -0.3 is 19.1 Å². The third-order valence-electron chi connectivity index (χ3n) is 7.57. The highest BCUT2D eigenvalue weighted by Crippen LogP contribution is 2.54. The molecule has 0 bridgehead atoms. The van der Waals surface area contributed by atoms with E-state index in [4.69, 9.17) is 14.2 Å². The zero-order valence-electron chi connectivity index (χ0n) is 23.3. The number of carbonyl (C=O) groups excluding carboxylic acids is 3. The van der Waals surface area contributed by atoms with E-state index in [1.54, 1.807) is 31.3 Å². The monoisotopic (exact) mass is 574 g/mol. The molecule has 3 amide bonds. The van der Waals surface area contributed by atoms with E-state index in [0.717, 1.165) is 10.5 Å². The number of nitrogens with zero attached hydrogens (tertiary/aromatic N) is 2. The van der Waals surface area contributed by atoms with Gasteiger partial charge in [0, 0.05) is 24.4 Å². The first kappa shape index (κ1) is 28.7. The molecular weight excluding hydrogens is 540 g/mol. The van der Waals surface area contributed by atoms with Crippen LogP contribution >= 0.6 is 11.8 Å². The average Bonchev–Trinajstić information content (AvgIpc) is 3.33. The Hall–Kier alpha value is -3.82. The first-order chi connectivity index (χ1) is 19.9. The SMILES string of the molecule is COc1ccc(S[C@]2(C(=O)N3CCOCC3)CC(=O)N(C(=O)CCc3ccccc3)[C@@H]2c2ccc(OC)cc2)cc1. The number of imide groups is 1. The maximum absolute atomic E-state index is 14.6. The normalized spacial score (nSPS) is 20.6. The van der Waals surface area contributed by atoms with Gasteiger partial charge in [0.25, 0.3) is 0 Å². The number of hydrogen-bond acceptors (Lipinski definition) is 7. The molecule has 2 atom stereocenters. The molecule has 41 heavy (non-hydrogen) atoms. The van der Waals surface area contributed by atoms with Crippen molar-refractivity contribution in [2.24, 2.45) is 0 Å². The van der Waals surface area contributed by atoms with E-state index in [2.05, 4.69) is 0 Å². The van der Waals surface area contributed by atoms with Gasteiger partial charge in [-0.15, -0.1) is 11.8 Å². The van der Waals surface area contributed by atoms with Crippen molar-refractivity contribution in [3.8, 4) is 11.5 Å². The summed E-state index contributed by atoms with van der Waals surface area (Å²) in [5.41, 5.74) is 1.71. The molecule has 2 aliphatic heterocycles. The van der Waals surface area contributed by atoms with E-state index in [9.17, 15) is 14.4 Å². The summed E-state index contributed by atoms with van der Waals surface area (Å²) in [7, 11) is 3.18. The Bertz CT molecular complexity index is 1360. The number of hydrogen-bond donors (Lipinski definition) is 0. The van der Waals surface area contributed by atoms with Crippen molar-refractivity contribution >= 4 is 29.5 Å². The molecule has 2 fully saturated rings. The Morgan fingerprint density at radius 1 is 0.902 bits per heavy atom. The van der Waals surface area contributed by atoms with Gasteiger partial charge >= 0.3 is 0 Å². The number of amides is 3. The summed E-state index contributed by atoms with van der Waals surface area (Å²) in [6.07, 6.45) is 0.542. The second kappa shape index (κ2) is 12.8. The van der Waals surface area contributed by atoms with Crippen molar-refractivity contribution in [1.29, 1.82) is 0 Å². The summed E-state index contributed by atoms with van der Waals surface area (Å²) < 4.78 is 14.9. The highest BCUT2D eigenvalue weighted by atomic mass is 32.2. The lowest BCUT2D eigenvalue weighted by Gasteiger charge is -2.40. The van der Waals surface area contributed by atoms with Gasteiger partial charge in [-0.1, -0.05) is 42.5 Å². The van der Waals surface area contributed by atoms with Gasteiger partial charge in [0.05, 0.1) is 39.9 Å². The summed E-state index contributed by atoms with van der Waals surface area (Å²) in [5.74, 6) is 0.509. The second-order valence-corrected chi connectivity index (χ2v) is 11.5. The average molecular weight is 575 g/mol. The van der Waals surface area contributed by atoms with Gasteiger partial charge in [-0.25, -0.2) is 0 Å². The van der Waals surface area contributed by atoms with Crippen LogP contribution in [-0.2, 0) is 25.5 Å². The van der Waals surface area contributed by atoms with Crippen LogP contribution in [-0.4, -0.2) is 72.8 Å². The van der Waals surface area contributed by atoms with Crippen molar-refractivity contribution < 1.29 is 28.6 Å². The second-order valence-electron chi connectivity index (χ2n) is 10.1. The summed E-state index contributed by atoms with van der Waals surface area (Å²) in [6.45, 7) is 1.70. The fourth-order valence-electron chi connectivity index (χ4n) is 5.48. The van der Waals surface area contributed by atoms with E-state index >= 15 is 0 Å². The number of methoxy groups -OCH3 is 2. The summed E-state index contributed by atoms with van der Waals surface area (Å²) >= 11 is 1.34. The number of benzene rings is 3. The van der Waals surface area contributed by atoms with Gasteiger partial charge in [-0.3, -0.25) is 19.3 Å². The Morgan fingerprint density at radius 2 is 1.51 bits per heavy atom. The highest BCUT2D eigenvalue weighted by Gasteiger charge is 2.60. The van der Waals surface area contributed by atoms with Crippen LogP contribution in [0.5, 0.6) is 11.5 Å². The lowest BCUT2D eigenvalue weighted by Crippen LogP contribution is -2.53. The molecule has 3 aromatic rings. The molecule has 0 spiro atoms. The predicted octanol–water partition coefficient (Wildman–Crippen LogP) is 4.53. The third-order valence-corrected chi connectivity index (χ3v) is 8.99. The fourth-order valence-corrected chi connectivity index (χ4v) is 6.94. The fraction of sp³-hybridized carbons (Fsp3) is 0.344. The first-order valence-corrected chi connectivity index (χ1v) is 14.5. The van der Waals surface area contributed by atoms with Crippen molar-refractivity contribution in [2.45, 2.75) is 34.9 Å². The minimum atomic E-state index is -1.28. The minimum absolute atomic E-state index is 0.104. The van der Waals surface area contributed by atoms with Gasteiger partial charge in [0.2, 0.25) is 17.7 Å². The Kier molecular flexibility index (Phi) is 8.95. The van der Waals surface area contributed by atoms with Gasteiger partial charge in [-0.05, 0) is 53.9 Å². The topological polar surface area (TPSA) is 85.4 Å². The quantitative estimate of drug-likeness (QED) is 0.371. The molecule has 2 aliphatic rings. The largest absolute Gasteiger partial charge is 0.497 e. The molecule has 214 valence electrons. The number of ether oxygens (including phenoxy) is 3. The molecule has 5 rings (SSSR count). The van der Waals surface area contributed by atoms with E-state index in [-0.39, 0.29) is 30.6 Å². The Morgan fingerprint density at radius 3 is 2.12 bits per heavy atom. The minimum Gasteiger partial charge on any atom is -0.497 e. The molecule has 9 heteroatoms. The van der Waals surface area contributed by atoms with Crippen LogP contribution in [0.25, 0.3) is 0 Å². The Labute approximate surface area is 244 Å². The number of likely N-dealkylation sites (tertiary alicyclic amines) is 1. The van der Waals surface area contributed by atoms with E-state index in [1.165, 1.54) is 16.7 Å². The number of morpholine rings is 1. The molecule has 3 aromatic carbocycles. The molecular formula is C32H34N2O6S. The first-order valence-electron chi connectivity index (χ1n) is 13.7. The van der Waals surface area contributed by atoms with Crippen molar-refractivity contribution in [2.75, 3.05) is 40.5 Å². The molecule has 0 aliphatic carbocycles. The Balaban J connectivity index is 1.58. The van der Waals surface area contributed by atoms with Crippen LogP contribution in [0.4, 0.5) is 0 Å². The molecule has 0 aromatic heterocycles. The highest BCUT2D eigenvalue weighted by molar-refractivity contribution is 8.01. The van der Waals surface area contributed by atoms with Crippen molar-refractivity contribution in [3.05, 3.63) is 90.0 Å². The predicted molar refractivity (Wildman–Crippen MR) is 156 cm³/mol. The number of carbonyl (C=O) groups is 3. The molecule has 8 nitrogen and oxygen atoms in total. The smallest absolute Gasteiger partial charge is 0.242 e. The van der Waals surface area contributed by atoms with Crippen molar-refractivity contribution in [1.82, 2.24) is 9.80 Å². The van der Waals surface area contributed by atoms with Crippen LogP contribution in [0, 0.1) is 0 Å². The summed E-state index contributed by atoms with van der Waals surface area (Å²) in [6, 6.07) is 23.6. The molecule has 0 unspecified atom stereocenters. The lowest BCUT2D eigenvalue weighted by molar-refractivity contribution is -0.144. The van der Waals surface area contributed by atoms with Crippen LogP contribution < -0.4 is 9.47 Å². The maximum Gasteiger partial charge on any atom is 0.242 e. The zero-order valence-corrected chi connectivity index (χ0v) is 24.1. The van der Waals surface area contributed by atoms with Gasteiger partial charge in [-0.2, -0.15) is 0 Å². The molecule has 0 saturated carbocycles. The van der Waals surface area contributed by atoms with E-state index in [0.29, 0.717) is 49.8 Å². The van der Waals surface area contributed by atoms with Crippen LogP contribution in [0.1, 0.15) is 30.0 Å².